The Morgan fingerprint density at radius 1 is 1.32 bits per heavy atom. The zero-order chi connectivity index (χ0) is 22.0. The van der Waals surface area contributed by atoms with E-state index in [4.69, 9.17) is 19.2 Å². The zero-order valence-corrected chi connectivity index (χ0v) is 22.3. The van der Waals surface area contributed by atoms with Gasteiger partial charge in [0, 0.05) is 38.8 Å². The van der Waals surface area contributed by atoms with Crippen molar-refractivity contribution in [2.24, 2.45) is 10.9 Å². The standard InChI is InChI=1S/C22H42N4O4.HI/c1-6-23-20(25-17(2)15-29-19-10-13-28-16-19)24-11-9-18-8-7-12-26(14-18)21(27)30-22(3,4)5;/h17-19H,6-16H2,1-5H3,(H2,23,24,25);1H. The van der Waals surface area contributed by atoms with Gasteiger partial charge in [0.25, 0.3) is 0 Å². The predicted octanol–water partition coefficient (Wildman–Crippen LogP) is 3.39. The van der Waals surface area contributed by atoms with Crippen LogP contribution in [0.3, 0.4) is 0 Å². The normalized spacial score (nSPS) is 23.1. The molecule has 8 nitrogen and oxygen atoms in total. The maximum atomic E-state index is 12.3. The number of rotatable bonds is 8. The second kappa shape index (κ2) is 14.4. The lowest BCUT2D eigenvalue weighted by Gasteiger charge is -2.34. The fourth-order valence-electron chi connectivity index (χ4n) is 3.67. The second-order valence-corrected chi connectivity index (χ2v) is 9.35. The molecule has 3 atom stereocenters. The number of hydrogen-bond donors (Lipinski definition) is 2. The third-order valence-corrected chi connectivity index (χ3v) is 5.18. The number of hydrogen-bond acceptors (Lipinski definition) is 5. The van der Waals surface area contributed by atoms with Crippen LogP contribution < -0.4 is 10.6 Å². The van der Waals surface area contributed by atoms with Crippen molar-refractivity contribution in [3.05, 3.63) is 0 Å². The van der Waals surface area contributed by atoms with Gasteiger partial charge in [0.15, 0.2) is 5.96 Å². The molecule has 2 rings (SSSR count). The summed E-state index contributed by atoms with van der Waals surface area (Å²) in [5.41, 5.74) is -0.452. The number of guanidine groups is 1. The van der Waals surface area contributed by atoms with E-state index < -0.39 is 5.60 Å². The molecule has 0 aliphatic carbocycles. The molecule has 2 fully saturated rings. The third-order valence-electron chi connectivity index (χ3n) is 5.18. The van der Waals surface area contributed by atoms with E-state index in [1.807, 2.05) is 25.7 Å². The van der Waals surface area contributed by atoms with Gasteiger partial charge in [-0.2, -0.15) is 0 Å². The van der Waals surface area contributed by atoms with Gasteiger partial charge < -0.3 is 29.7 Å². The van der Waals surface area contributed by atoms with E-state index in [2.05, 4.69) is 24.5 Å². The summed E-state index contributed by atoms with van der Waals surface area (Å²) in [6.45, 7) is 15.1. The summed E-state index contributed by atoms with van der Waals surface area (Å²) < 4.78 is 16.8. The number of ether oxygens (including phenoxy) is 3. The molecule has 2 heterocycles. The molecule has 0 radical (unpaired) electrons. The van der Waals surface area contributed by atoms with Gasteiger partial charge in [-0.1, -0.05) is 0 Å². The summed E-state index contributed by atoms with van der Waals surface area (Å²) in [5.74, 6) is 1.28. The van der Waals surface area contributed by atoms with E-state index in [1.54, 1.807) is 0 Å². The molecule has 2 N–H and O–H groups in total. The number of piperidine rings is 1. The number of likely N-dealkylation sites (tertiary alicyclic amines) is 1. The van der Waals surface area contributed by atoms with Crippen LogP contribution in [-0.4, -0.2) is 80.7 Å². The third kappa shape index (κ3) is 11.6. The van der Waals surface area contributed by atoms with Crippen molar-refractivity contribution >= 4 is 36.0 Å². The van der Waals surface area contributed by atoms with Gasteiger partial charge in [-0.25, -0.2) is 4.79 Å². The average molecular weight is 555 g/mol. The van der Waals surface area contributed by atoms with Crippen molar-refractivity contribution in [1.82, 2.24) is 15.5 Å². The van der Waals surface area contributed by atoms with Crippen LogP contribution in [0.1, 0.15) is 60.3 Å². The SMILES string of the molecule is CCNC(=NCCC1CCCN(C(=O)OC(C)(C)C)C1)NC(C)COC1CCOC1.I. The van der Waals surface area contributed by atoms with Crippen LogP contribution in [0.4, 0.5) is 4.79 Å². The van der Waals surface area contributed by atoms with Crippen molar-refractivity contribution in [3.8, 4) is 0 Å². The van der Waals surface area contributed by atoms with Crippen LogP contribution in [0, 0.1) is 5.92 Å². The minimum Gasteiger partial charge on any atom is -0.444 e. The predicted molar refractivity (Wildman–Crippen MR) is 134 cm³/mol. The maximum absolute atomic E-state index is 12.3. The number of aliphatic imine (C=N–C) groups is 1. The molecule has 0 aromatic rings. The Balaban J connectivity index is 0.00000480. The van der Waals surface area contributed by atoms with E-state index in [0.717, 1.165) is 64.4 Å². The Hall–Kier alpha value is -0.810. The van der Waals surface area contributed by atoms with Gasteiger partial charge in [0.1, 0.15) is 5.60 Å². The smallest absolute Gasteiger partial charge is 0.410 e. The highest BCUT2D eigenvalue weighted by Gasteiger charge is 2.27. The van der Waals surface area contributed by atoms with Crippen LogP contribution in [0.15, 0.2) is 4.99 Å². The van der Waals surface area contributed by atoms with E-state index in [1.165, 1.54) is 0 Å². The van der Waals surface area contributed by atoms with Crippen LogP contribution in [-0.2, 0) is 14.2 Å². The molecule has 0 aromatic heterocycles. The van der Waals surface area contributed by atoms with Crippen LogP contribution >= 0.6 is 24.0 Å². The molecule has 3 unspecified atom stereocenters. The molecule has 0 saturated carbocycles. The van der Waals surface area contributed by atoms with Gasteiger partial charge in [-0.15, -0.1) is 24.0 Å². The molecule has 9 heteroatoms. The molecule has 0 spiro atoms. The quantitative estimate of drug-likeness (QED) is 0.272. The monoisotopic (exact) mass is 554 g/mol. The minimum atomic E-state index is -0.452. The van der Waals surface area contributed by atoms with E-state index >= 15 is 0 Å². The van der Waals surface area contributed by atoms with Crippen molar-refractivity contribution in [2.45, 2.75) is 78.0 Å². The first kappa shape index (κ1) is 28.2. The molecule has 0 bridgehead atoms. The van der Waals surface area contributed by atoms with Gasteiger partial charge in [0.2, 0.25) is 0 Å². The molecule has 0 aromatic carbocycles. The number of carbonyl (C=O) groups is 1. The topological polar surface area (TPSA) is 84.4 Å². The second-order valence-electron chi connectivity index (χ2n) is 9.35. The van der Waals surface area contributed by atoms with Gasteiger partial charge in [0.05, 0.1) is 19.3 Å². The number of amides is 1. The molecular formula is C22H43IN4O4. The van der Waals surface area contributed by atoms with Crippen molar-refractivity contribution in [3.63, 3.8) is 0 Å². The van der Waals surface area contributed by atoms with E-state index in [9.17, 15) is 4.79 Å². The lowest BCUT2D eigenvalue weighted by molar-refractivity contribution is 0.0163. The first-order chi connectivity index (χ1) is 14.3. The first-order valence-electron chi connectivity index (χ1n) is 11.5. The van der Waals surface area contributed by atoms with Crippen molar-refractivity contribution in [2.75, 3.05) is 46.0 Å². The Morgan fingerprint density at radius 3 is 2.74 bits per heavy atom. The largest absolute Gasteiger partial charge is 0.444 e. The Kier molecular flexibility index (Phi) is 13.1. The molecule has 1 amide bonds. The fraction of sp³-hybridized carbons (Fsp3) is 0.909. The minimum absolute atomic E-state index is 0. The molecule has 2 saturated heterocycles. The Bertz CT molecular complexity index is 550. The number of carbonyl (C=O) groups excluding carboxylic acids is 1. The molecular weight excluding hydrogens is 511 g/mol. The highest BCUT2D eigenvalue weighted by atomic mass is 127. The summed E-state index contributed by atoms with van der Waals surface area (Å²) in [4.78, 5) is 18.9. The van der Waals surface area contributed by atoms with Crippen LogP contribution in [0.2, 0.25) is 0 Å². The number of nitrogens with one attached hydrogen (secondary N) is 2. The fourth-order valence-corrected chi connectivity index (χ4v) is 3.67. The highest BCUT2D eigenvalue weighted by Crippen LogP contribution is 2.21. The lowest BCUT2D eigenvalue weighted by atomic mass is 9.95. The van der Waals surface area contributed by atoms with Gasteiger partial charge in [-0.05, 0) is 66.2 Å². The Labute approximate surface area is 205 Å². The molecule has 2 aliphatic heterocycles. The highest BCUT2D eigenvalue weighted by molar-refractivity contribution is 14.0. The molecule has 182 valence electrons. The molecule has 31 heavy (non-hydrogen) atoms. The van der Waals surface area contributed by atoms with Crippen LogP contribution in [0.25, 0.3) is 0 Å². The van der Waals surface area contributed by atoms with E-state index in [0.29, 0.717) is 19.1 Å². The number of nitrogens with zero attached hydrogens (tertiary/aromatic N) is 2. The average Bonchev–Trinajstić information content (AvgIpc) is 3.19. The van der Waals surface area contributed by atoms with Gasteiger partial charge in [-0.3, -0.25) is 4.99 Å². The maximum Gasteiger partial charge on any atom is 0.410 e. The summed E-state index contributed by atoms with van der Waals surface area (Å²) in [5, 5.41) is 6.73. The lowest BCUT2D eigenvalue weighted by Crippen LogP contribution is -2.45. The summed E-state index contributed by atoms with van der Waals surface area (Å²) in [6.07, 6.45) is 4.10. The zero-order valence-electron chi connectivity index (χ0n) is 19.9. The van der Waals surface area contributed by atoms with E-state index in [-0.39, 0.29) is 42.2 Å². The first-order valence-corrected chi connectivity index (χ1v) is 11.5. The van der Waals surface area contributed by atoms with Crippen molar-refractivity contribution < 1.29 is 19.0 Å². The Morgan fingerprint density at radius 2 is 2.10 bits per heavy atom. The summed E-state index contributed by atoms with van der Waals surface area (Å²) in [7, 11) is 0. The molecule has 2 aliphatic rings. The summed E-state index contributed by atoms with van der Waals surface area (Å²) in [6, 6.07) is 0.167. The summed E-state index contributed by atoms with van der Waals surface area (Å²) >= 11 is 0. The number of halogens is 1. The van der Waals surface area contributed by atoms with Crippen LogP contribution in [0.5, 0.6) is 0 Å². The van der Waals surface area contributed by atoms with Crippen molar-refractivity contribution in [1.29, 1.82) is 0 Å². The van der Waals surface area contributed by atoms with Gasteiger partial charge >= 0.3 is 6.09 Å².